The third-order valence-electron chi connectivity index (χ3n) is 2.54. The van der Waals surface area contributed by atoms with E-state index in [2.05, 4.69) is 20.0 Å². The van der Waals surface area contributed by atoms with Crippen molar-refractivity contribution in [1.82, 2.24) is 14.7 Å². The molecule has 0 saturated heterocycles. The van der Waals surface area contributed by atoms with Crippen LogP contribution in [0.1, 0.15) is 5.56 Å². The minimum atomic E-state index is -3.48. The molecule has 0 radical (unpaired) electrons. The Balaban J connectivity index is 2.22. The van der Waals surface area contributed by atoms with E-state index in [1.165, 1.54) is 13.4 Å². The average Bonchev–Trinajstić information content (AvgIpc) is 2.46. The first-order valence-corrected chi connectivity index (χ1v) is 7.12. The topological polar surface area (TPSA) is 84.0 Å². The van der Waals surface area contributed by atoms with Gasteiger partial charge in [0.1, 0.15) is 11.2 Å². The summed E-state index contributed by atoms with van der Waals surface area (Å²) in [5.74, 6) is 0. The SMILES string of the molecule is CNS(=O)(=O)c1ccccc1NCc1cncnc1. The zero-order valence-electron chi connectivity index (χ0n) is 10.4. The lowest BCUT2D eigenvalue weighted by atomic mass is 10.3. The van der Waals surface area contributed by atoms with Gasteiger partial charge in [-0.15, -0.1) is 0 Å². The standard InChI is InChI=1S/C12H14N4O2S/c1-13-19(17,18)12-5-3-2-4-11(12)16-8-10-6-14-9-15-7-10/h2-7,9,13,16H,8H2,1H3. The maximum Gasteiger partial charge on any atom is 0.242 e. The van der Waals surface area contributed by atoms with Crippen molar-refractivity contribution in [1.29, 1.82) is 0 Å². The number of hydrogen-bond donors (Lipinski definition) is 2. The second-order valence-corrected chi connectivity index (χ2v) is 5.66. The molecule has 0 fully saturated rings. The Morgan fingerprint density at radius 1 is 1.16 bits per heavy atom. The summed E-state index contributed by atoms with van der Waals surface area (Å²) in [4.78, 5) is 8.02. The molecule has 2 aromatic rings. The highest BCUT2D eigenvalue weighted by Gasteiger charge is 2.15. The minimum absolute atomic E-state index is 0.217. The molecule has 1 aromatic carbocycles. The molecule has 0 aliphatic heterocycles. The highest BCUT2D eigenvalue weighted by atomic mass is 32.2. The number of rotatable bonds is 5. The number of nitrogens with one attached hydrogen (secondary N) is 2. The molecule has 0 saturated carbocycles. The number of nitrogens with zero attached hydrogens (tertiary/aromatic N) is 2. The van der Waals surface area contributed by atoms with Crippen LogP contribution in [0.4, 0.5) is 5.69 Å². The summed E-state index contributed by atoms with van der Waals surface area (Å²) >= 11 is 0. The lowest BCUT2D eigenvalue weighted by molar-refractivity contribution is 0.588. The van der Waals surface area contributed by atoms with Gasteiger partial charge in [-0.1, -0.05) is 12.1 Å². The Bertz CT molecular complexity index is 644. The van der Waals surface area contributed by atoms with E-state index >= 15 is 0 Å². The average molecular weight is 278 g/mol. The van der Waals surface area contributed by atoms with Crippen LogP contribution in [0.2, 0.25) is 0 Å². The number of aromatic nitrogens is 2. The van der Waals surface area contributed by atoms with Gasteiger partial charge in [0.2, 0.25) is 10.0 Å². The van der Waals surface area contributed by atoms with Gasteiger partial charge < -0.3 is 5.32 Å². The van der Waals surface area contributed by atoms with E-state index in [1.54, 1.807) is 36.7 Å². The predicted octanol–water partition coefficient (Wildman–Crippen LogP) is 0.997. The fourth-order valence-corrected chi connectivity index (χ4v) is 2.48. The summed E-state index contributed by atoms with van der Waals surface area (Å²) in [6.45, 7) is 0.455. The lowest BCUT2D eigenvalue weighted by Gasteiger charge is -2.11. The van der Waals surface area contributed by atoms with Gasteiger partial charge in [-0.2, -0.15) is 0 Å². The summed E-state index contributed by atoms with van der Waals surface area (Å²) in [6, 6.07) is 6.73. The maximum absolute atomic E-state index is 11.9. The van der Waals surface area contributed by atoms with Crippen LogP contribution in [0, 0.1) is 0 Å². The van der Waals surface area contributed by atoms with Crippen LogP contribution in [0.15, 0.2) is 47.9 Å². The normalized spacial score (nSPS) is 11.2. The molecular formula is C12H14N4O2S. The summed E-state index contributed by atoms with van der Waals surface area (Å²) in [6.07, 6.45) is 4.80. The van der Waals surface area contributed by atoms with E-state index in [4.69, 9.17) is 0 Å². The first-order valence-electron chi connectivity index (χ1n) is 5.64. The van der Waals surface area contributed by atoms with Crippen molar-refractivity contribution in [2.45, 2.75) is 11.4 Å². The molecule has 0 aliphatic rings. The van der Waals surface area contributed by atoms with E-state index < -0.39 is 10.0 Å². The van der Waals surface area contributed by atoms with Crippen molar-refractivity contribution in [3.8, 4) is 0 Å². The van der Waals surface area contributed by atoms with Gasteiger partial charge in [0.15, 0.2) is 0 Å². The fraction of sp³-hybridized carbons (Fsp3) is 0.167. The van der Waals surface area contributed by atoms with Gasteiger partial charge in [0.05, 0.1) is 5.69 Å². The van der Waals surface area contributed by atoms with Crippen molar-refractivity contribution in [2.75, 3.05) is 12.4 Å². The van der Waals surface area contributed by atoms with Crippen molar-refractivity contribution >= 4 is 15.7 Å². The van der Waals surface area contributed by atoms with Gasteiger partial charge in [0.25, 0.3) is 0 Å². The van der Waals surface area contributed by atoms with Gasteiger partial charge in [0, 0.05) is 24.5 Å². The third kappa shape index (κ3) is 3.27. The van der Waals surface area contributed by atoms with Crippen LogP contribution in [0.5, 0.6) is 0 Å². The molecule has 0 unspecified atom stereocenters. The molecule has 0 bridgehead atoms. The van der Waals surface area contributed by atoms with Crippen molar-refractivity contribution in [3.63, 3.8) is 0 Å². The second kappa shape index (κ2) is 5.77. The van der Waals surface area contributed by atoms with Gasteiger partial charge in [-0.25, -0.2) is 23.1 Å². The number of sulfonamides is 1. The van der Waals surface area contributed by atoms with Gasteiger partial charge in [-0.05, 0) is 19.2 Å². The molecule has 0 atom stereocenters. The number of anilines is 1. The smallest absolute Gasteiger partial charge is 0.242 e. The first kappa shape index (κ1) is 13.4. The molecule has 2 rings (SSSR count). The molecule has 0 amide bonds. The van der Waals surface area contributed by atoms with Crippen LogP contribution >= 0.6 is 0 Å². The van der Waals surface area contributed by atoms with E-state index in [-0.39, 0.29) is 4.90 Å². The van der Waals surface area contributed by atoms with Crippen molar-refractivity contribution < 1.29 is 8.42 Å². The molecule has 6 nitrogen and oxygen atoms in total. The second-order valence-electron chi connectivity index (χ2n) is 3.80. The Morgan fingerprint density at radius 3 is 2.53 bits per heavy atom. The fourth-order valence-electron chi connectivity index (χ4n) is 1.58. The highest BCUT2D eigenvalue weighted by molar-refractivity contribution is 7.89. The third-order valence-corrected chi connectivity index (χ3v) is 4.01. The molecule has 0 spiro atoms. The summed E-state index contributed by atoms with van der Waals surface area (Å²) in [5.41, 5.74) is 1.42. The first-order chi connectivity index (χ1) is 9.13. The molecule has 7 heteroatoms. The minimum Gasteiger partial charge on any atom is -0.380 e. The van der Waals surface area contributed by atoms with E-state index in [1.807, 2.05) is 0 Å². The van der Waals surface area contributed by atoms with E-state index in [0.29, 0.717) is 12.2 Å². The summed E-state index contributed by atoms with van der Waals surface area (Å²) in [7, 11) is -2.09. The van der Waals surface area contributed by atoms with Crippen LogP contribution < -0.4 is 10.0 Å². The lowest BCUT2D eigenvalue weighted by Crippen LogP contribution is -2.20. The molecule has 1 heterocycles. The van der Waals surface area contributed by atoms with Crippen LogP contribution in [-0.2, 0) is 16.6 Å². The summed E-state index contributed by atoms with van der Waals surface area (Å²) < 4.78 is 26.0. The maximum atomic E-state index is 11.9. The van der Waals surface area contributed by atoms with Crippen LogP contribution in [-0.4, -0.2) is 25.4 Å². The van der Waals surface area contributed by atoms with Crippen LogP contribution in [0.25, 0.3) is 0 Å². The van der Waals surface area contributed by atoms with Gasteiger partial charge >= 0.3 is 0 Å². The van der Waals surface area contributed by atoms with E-state index in [0.717, 1.165) is 5.56 Å². The van der Waals surface area contributed by atoms with Crippen molar-refractivity contribution in [3.05, 3.63) is 48.5 Å². The van der Waals surface area contributed by atoms with E-state index in [9.17, 15) is 8.42 Å². The zero-order valence-corrected chi connectivity index (χ0v) is 11.2. The molecule has 2 N–H and O–H groups in total. The molecule has 0 aliphatic carbocycles. The Labute approximate surface area is 112 Å². The van der Waals surface area contributed by atoms with Gasteiger partial charge in [-0.3, -0.25) is 0 Å². The number of benzene rings is 1. The summed E-state index contributed by atoms with van der Waals surface area (Å²) in [5, 5.41) is 3.07. The zero-order chi connectivity index (χ0) is 13.7. The number of hydrogen-bond acceptors (Lipinski definition) is 5. The molecule has 100 valence electrons. The molecule has 19 heavy (non-hydrogen) atoms. The van der Waals surface area contributed by atoms with Crippen molar-refractivity contribution in [2.24, 2.45) is 0 Å². The predicted molar refractivity (Wildman–Crippen MR) is 72.0 cm³/mol. The highest BCUT2D eigenvalue weighted by Crippen LogP contribution is 2.20. The molecule has 1 aromatic heterocycles. The monoisotopic (exact) mass is 278 g/mol. The molecular weight excluding hydrogens is 264 g/mol. The Kier molecular flexibility index (Phi) is 4.08. The Hall–Kier alpha value is -1.99. The van der Waals surface area contributed by atoms with Crippen LogP contribution in [0.3, 0.4) is 0 Å². The quantitative estimate of drug-likeness (QED) is 0.852. The largest absolute Gasteiger partial charge is 0.380 e. The number of para-hydroxylation sites is 1. The Morgan fingerprint density at radius 2 is 1.84 bits per heavy atom.